The molecular formula is C11H11F2N3OS. The number of hydrogen-bond acceptors (Lipinski definition) is 5. The van der Waals surface area contributed by atoms with Crippen molar-refractivity contribution in [3.8, 4) is 5.75 Å². The molecular weight excluding hydrogens is 260 g/mol. The van der Waals surface area contributed by atoms with Gasteiger partial charge in [-0.1, -0.05) is 29.5 Å². The van der Waals surface area contributed by atoms with Crippen LogP contribution in [0.4, 0.5) is 13.9 Å². The van der Waals surface area contributed by atoms with Crippen LogP contribution in [0.5, 0.6) is 5.75 Å². The van der Waals surface area contributed by atoms with Crippen molar-refractivity contribution < 1.29 is 13.5 Å². The average molecular weight is 271 g/mol. The van der Waals surface area contributed by atoms with Crippen LogP contribution in [0.3, 0.4) is 0 Å². The Morgan fingerprint density at radius 2 is 2.11 bits per heavy atom. The minimum Gasteiger partial charge on any atom is -0.434 e. The summed E-state index contributed by atoms with van der Waals surface area (Å²) in [6.07, 6.45) is 0. The summed E-state index contributed by atoms with van der Waals surface area (Å²) in [5.74, 6) is 0.164. The Kier molecular flexibility index (Phi) is 4.03. The first kappa shape index (κ1) is 12.7. The molecule has 0 aliphatic carbocycles. The van der Waals surface area contributed by atoms with E-state index in [1.807, 2.05) is 6.92 Å². The third kappa shape index (κ3) is 3.13. The van der Waals surface area contributed by atoms with E-state index in [0.29, 0.717) is 10.7 Å². The number of halogens is 2. The van der Waals surface area contributed by atoms with E-state index in [2.05, 4.69) is 20.3 Å². The lowest BCUT2D eigenvalue weighted by Crippen LogP contribution is -2.10. The van der Waals surface area contributed by atoms with Crippen molar-refractivity contribution in [2.45, 2.75) is 19.6 Å². The van der Waals surface area contributed by atoms with Gasteiger partial charge in [0.1, 0.15) is 11.3 Å². The zero-order valence-electron chi connectivity index (χ0n) is 9.51. The highest BCUT2D eigenvalue weighted by Crippen LogP contribution is 2.28. The van der Waals surface area contributed by atoms with Gasteiger partial charge in [0.25, 0.3) is 0 Å². The summed E-state index contributed by atoms with van der Waals surface area (Å²) in [6, 6.07) is 6.47. The fourth-order valence-electron chi connectivity index (χ4n) is 1.54. The molecule has 2 rings (SSSR count). The first-order valence-corrected chi connectivity index (χ1v) is 6.11. The van der Waals surface area contributed by atoms with Gasteiger partial charge < -0.3 is 10.1 Å². The van der Waals surface area contributed by atoms with Gasteiger partial charge >= 0.3 is 6.61 Å². The van der Waals surface area contributed by atoms with Crippen LogP contribution >= 0.6 is 11.3 Å². The molecule has 0 saturated heterocycles. The molecule has 0 saturated carbocycles. The van der Waals surface area contributed by atoms with E-state index in [0.717, 1.165) is 0 Å². The summed E-state index contributed by atoms with van der Waals surface area (Å²) >= 11 is 1.34. The van der Waals surface area contributed by atoms with Crippen LogP contribution in [-0.2, 0) is 0 Å². The van der Waals surface area contributed by atoms with E-state index < -0.39 is 6.61 Å². The quantitative estimate of drug-likeness (QED) is 0.906. The Bertz CT molecular complexity index is 493. The van der Waals surface area contributed by atoms with Crippen LogP contribution in [0, 0.1) is 0 Å². The van der Waals surface area contributed by atoms with Crippen LogP contribution in [0.2, 0.25) is 0 Å². The van der Waals surface area contributed by atoms with Crippen molar-refractivity contribution in [1.82, 2.24) is 10.2 Å². The van der Waals surface area contributed by atoms with Crippen LogP contribution in [0.25, 0.3) is 0 Å². The van der Waals surface area contributed by atoms with Crippen LogP contribution in [0.15, 0.2) is 29.8 Å². The Hall–Kier alpha value is -1.76. The Balaban J connectivity index is 2.16. The van der Waals surface area contributed by atoms with Gasteiger partial charge in [0.2, 0.25) is 5.13 Å². The number of anilines is 1. The Morgan fingerprint density at radius 1 is 1.33 bits per heavy atom. The minimum absolute atomic E-state index is 0.164. The van der Waals surface area contributed by atoms with Crippen molar-refractivity contribution in [1.29, 1.82) is 0 Å². The number of alkyl halides is 2. The fourth-order valence-corrected chi connectivity index (χ4v) is 2.07. The predicted octanol–water partition coefficient (Wildman–Crippen LogP) is 3.31. The third-order valence-corrected chi connectivity index (χ3v) is 2.92. The molecule has 0 amide bonds. The monoisotopic (exact) mass is 271 g/mol. The molecule has 1 heterocycles. The van der Waals surface area contributed by atoms with Crippen LogP contribution < -0.4 is 10.1 Å². The summed E-state index contributed by atoms with van der Waals surface area (Å²) < 4.78 is 29.0. The Morgan fingerprint density at radius 3 is 2.78 bits per heavy atom. The SMILES string of the molecule is CC(Nc1nncs1)c1ccccc1OC(F)F. The molecule has 4 nitrogen and oxygen atoms in total. The standard InChI is InChI=1S/C11H11F2N3OS/c1-7(15-11-16-14-6-18-11)8-4-2-3-5-9(8)17-10(12)13/h2-7,10H,1H3,(H,15,16). The summed E-state index contributed by atoms with van der Waals surface area (Å²) in [4.78, 5) is 0. The van der Waals surface area contributed by atoms with Gasteiger partial charge in [-0.05, 0) is 13.0 Å². The summed E-state index contributed by atoms with van der Waals surface area (Å²) in [5, 5.41) is 11.2. The van der Waals surface area contributed by atoms with Gasteiger partial charge in [0.05, 0.1) is 6.04 Å². The maximum Gasteiger partial charge on any atom is 0.387 e. The molecule has 0 radical (unpaired) electrons. The molecule has 1 N–H and O–H groups in total. The molecule has 0 fully saturated rings. The number of nitrogens with zero attached hydrogens (tertiary/aromatic N) is 2. The van der Waals surface area contributed by atoms with Crippen molar-refractivity contribution in [2.24, 2.45) is 0 Å². The van der Waals surface area contributed by atoms with E-state index in [-0.39, 0.29) is 11.8 Å². The molecule has 0 spiro atoms. The first-order chi connectivity index (χ1) is 8.66. The first-order valence-electron chi connectivity index (χ1n) is 5.23. The second-order valence-electron chi connectivity index (χ2n) is 3.53. The summed E-state index contributed by atoms with van der Waals surface area (Å²) in [6.45, 7) is -0.991. The zero-order chi connectivity index (χ0) is 13.0. The van der Waals surface area contributed by atoms with E-state index in [1.54, 1.807) is 23.7 Å². The number of para-hydroxylation sites is 1. The summed E-state index contributed by atoms with van der Waals surface area (Å²) in [5.41, 5.74) is 2.24. The molecule has 18 heavy (non-hydrogen) atoms. The van der Waals surface area contributed by atoms with Crippen LogP contribution in [-0.4, -0.2) is 16.8 Å². The van der Waals surface area contributed by atoms with Gasteiger partial charge in [0, 0.05) is 5.56 Å². The fraction of sp³-hybridized carbons (Fsp3) is 0.273. The van der Waals surface area contributed by atoms with Crippen molar-refractivity contribution in [3.05, 3.63) is 35.3 Å². The van der Waals surface area contributed by atoms with Gasteiger partial charge in [-0.3, -0.25) is 0 Å². The number of aromatic nitrogens is 2. The normalized spacial score (nSPS) is 12.4. The smallest absolute Gasteiger partial charge is 0.387 e. The Labute approximate surface area is 107 Å². The predicted molar refractivity (Wildman–Crippen MR) is 65.0 cm³/mol. The molecule has 0 aliphatic heterocycles. The van der Waals surface area contributed by atoms with E-state index in [1.165, 1.54) is 17.4 Å². The second kappa shape index (κ2) is 5.72. The highest BCUT2D eigenvalue weighted by Gasteiger charge is 2.15. The van der Waals surface area contributed by atoms with Crippen LogP contribution in [0.1, 0.15) is 18.5 Å². The number of nitrogens with one attached hydrogen (secondary N) is 1. The highest BCUT2D eigenvalue weighted by molar-refractivity contribution is 7.13. The number of benzene rings is 1. The van der Waals surface area contributed by atoms with Crippen molar-refractivity contribution in [2.75, 3.05) is 5.32 Å². The number of rotatable bonds is 5. The van der Waals surface area contributed by atoms with E-state index >= 15 is 0 Å². The van der Waals surface area contributed by atoms with E-state index in [4.69, 9.17) is 0 Å². The van der Waals surface area contributed by atoms with Crippen molar-refractivity contribution >= 4 is 16.5 Å². The third-order valence-electron chi connectivity index (χ3n) is 2.30. The second-order valence-corrected chi connectivity index (χ2v) is 4.36. The van der Waals surface area contributed by atoms with Gasteiger partial charge in [0.15, 0.2) is 0 Å². The molecule has 1 unspecified atom stereocenters. The molecule has 2 aromatic rings. The molecule has 96 valence electrons. The number of hydrogen-bond donors (Lipinski definition) is 1. The topological polar surface area (TPSA) is 47.0 Å². The molecule has 1 atom stereocenters. The largest absolute Gasteiger partial charge is 0.434 e. The lowest BCUT2D eigenvalue weighted by molar-refractivity contribution is -0.0505. The highest BCUT2D eigenvalue weighted by atomic mass is 32.1. The lowest BCUT2D eigenvalue weighted by atomic mass is 10.1. The average Bonchev–Trinajstić information content (AvgIpc) is 2.81. The molecule has 1 aromatic heterocycles. The molecule has 0 aliphatic rings. The van der Waals surface area contributed by atoms with E-state index in [9.17, 15) is 8.78 Å². The van der Waals surface area contributed by atoms with Gasteiger partial charge in [-0.25, -0.2) is 0 Å². The number of ether oxygens (including phenoxy) is 1. The maximum absolute atomic E-state index is 12.3. The molecule has 0 bridgehead atoms. The maximum atomic E-state index is 12.3. The lowest BCUT2D eigenvalue weighted by Gasteiger charge is -2.17. The van der Waals surface area contributed by atoms with Gasteiger partial charge in [-0.15, -0.1) is 10.2 Å². The zero-order valence-corrected chi connectivity index (χ0v) is 10.3. The van der Waals surface area contributed by atoms with Crippen molar-refractivity contribution in [3.63, 3.8) is 0 Å². The molecule has 7 heteroatoms. The van der Waals surface area contributed by atoms with Gasteiger partial charge in [-0.2, -0.15) is 8.78 Å². The minimum atomic E-state index is -2.83. The molecule has 1 aromatic carbocycles. The summed E-state index contributed by atoms with van der Waals surface area (Å²) in [7, 11) is 0.